The summed E-state index contributed by atoms with van der Waals surface area (Å²) in [5, 5.41) is 14.0. The van der Waals surface area contributed by atoms with Gasteiger partial charge in [0.1, 0.15) is 5.82 Å². The zero-order valence-corrected chi connectivity index (χ0v) is 17.1. The van der Waals surface area contributed by atoms with E-state index in [0.29, 0.717) is 0 Å². The molecule has 1 fully saturated rings. The summed E-state index contributed by atoms with van der Waals surface area (Å²) in [6.07, 6.45) is 3.55. The number of H-pyrrole nitrogens is 1. The molecular formula is C24H24N6O. The van der Waals surface area contributed by atoms with Crippen LogP contribution in [0.15, 0.2) is 79.1 Å². The van der Waals surface area contributed by atoms with Gasteiger partial charge < -0.3 is 20.3 Å². The molecule has 2 aromatic heterocycles. The third-order valence-electron chi connectivity index (χ3n) is 5.27. The van der Waals surface area contributed by atoms with E-state index in [1.54, 1.807) is 12.4 Å². The monoisotopic (exact) mass is 412 g/mol. The van der Waals surface area contributed by atoms with Gasteiger partial charge in [0.05, 0.1) is 18.9 Å². The second kappa shape index (κ2) is 8.89. The van der Waals surface area contributed by atoms with E-state index in [2.05, 4.69) is 61.0 Å². The summed E-state index contributed by atoms with van der Waals surface area (Å²) in [7, 11) is 0. The summed E-state index contributed by atoms with van der Waals surface area (Å²) in [6, 6.07) is 22.5. The second-order valence-electron chi connectivity index (χ2n) is 7.34. The average molecular weight is 412 g/mol. The molecule has 3 heterocycles. The van der Waals surface area contributed by atoms with E-state index in [9.17, 15) is 0 Å². The number of pyridine rings is 1. The quantitative estimate of drug-likeness (QED) is 0.422. The Labute approximate surface area is 181 Å². The number of para-hydroxylation sites is 1. The number of benzene rings is 2. The lowest BCUT2D eigenvalue weighted by Crippen LogP contribution is -2.36. The molecule has 0 atom stereocenters. The van der Waals surface area contributed by atoms with E-state index in [0.717, 1.165) is 60.4 Å². The van der Waals surface area contributed by atoms with Crippen molar-refractivity contribution in [2.24, 2.45) is 0 Å². The minimum atomic E-state index is 0.781. The van der Waals surface area contributed by atoms with Gasteiger partial charge in [-0.2, -0.15) is 5.10 Å². The number of nitrogens with one attached hydrogen (secondary N) is 3. The Hall–Kier alpha value is -3.84. The smallest absolute Gasteiger partial charge is 0.132 e. The molecule has 1 aliphatic heterocycles. The molecule has 0 radical (unpaired) electrons. The van der Waals surface area contributed by atoms with Crippen molar-refractivity contribution in [3.05, 3.63) is 79.1 Å². The number of hydrogen-bond donors (Lipinski definition) is 3. The Morgan fingerprint density at radius 3 is 2.48 bits per heavy atom. The largest absolute Gasteiger partial charge is 0.378 e. The SMILES string of the molecule is c1ccc(-c2ccn[nH]2)c(Nc2ccnc(Nc3ccc(N4CCOCC4)cc3)c2)c1. The van der Waals surface area contributed by atoms with Crippen molar-refractivity contribution in [2.75, 3.05) is 41.8 Å². The van der Waals surface area contributed by atoms with Crippen LogP contribution in [0.3, 0.4) is 0 Å². The molecule has 4 aromatic rings. The molecule has 0 spiro atoms. The Bertz CT molecular complexity index is 1120. The number of morpholine rings is 1. The topological polar surface area (TPSA) is 78.1 Å². The molecule has 0 amide bonds. The fourth-order valence-corrected chi connectivity index (χ4v) is 3.69. The third kappa shape index (κ3) is 4.51. The summed E-state index contributed by atoms with van der Waals surface area (Å²) in [5.41, 5.74) is 6.20. The lowest BCUT2D eigenvalue weighted by molar-refractivity contribution is 0.122. The minimum absolute atomic E-state index is 0.781. The molecule has 3 N–H and O–H groups in total. The maximum absolute atomic E-state index is 5.43. The Balaban J connectivity index is 1.30. The van der Waals surface area contributed by atoms with Crippen LogP contribution in [-0.2, 0) is 4.74 Å². The fourth-order valence-electron chi connectivity index (χ4n) is 3.69. The van der Waals surface area contributed by atoms with Crippen molar-refractivity contribution < 1.29 is 4.74 Å². The molecular weight excluding hydrogens is 388 g/mol. The molecule has 5 rings (SSSR count). The van der Waals surface area contributed by atoms with E-state index in [1.165, 1.54) is 5.69 Å². The van der Waals surface area contributed by atoms with Crippen LogP contribution < -0.4 is 15.5 Å². The number of aromatic nitrogens is 3. The van der Waals surface area contributed by atoms with Gasteiger partial charge in [-0.1, -0.05) is 18.2 Å². The van der Waals surface area contributed by atoms with Gasteiger partial charge in [-0.3, -0.25) is 5.10 Å². The highest BCUT2D eigenvalue weighted by Crippen LogP contribution is 2.29. The summed E-state index contributed by atoms with van der Waals surface area (Å²) in [4.78, 5) is 6.81. The molecule has 1 saturated heterocycles. The summed E-state index contributed by atoms with van der Waals surface area (Å²) in [6.45, 7) is 3.44. The number of rotatable bonds is 6. The number of anilines is 5. The van der Waals surface area contributed by atoms with Crippen molar-refractivity contribution in [1.82, 2.24) is 15.2 Å². The highest BCUT2D eigenvalue weighted by Gasteiger charge is 2.11. The van der Waals surface area contributed by atoms with Gasteiger partial charge in [0.2, 0.25) is 0 Å². The number of ether oxygens (including phenoxy) is 1. The van der Waals surface area contributed by atoms with Gasteiger partial charge >= 0.3 is 0 Å². The molecule has 156 valence electrons. The predicted molar refractivity (Wildman–Crippen MR) is 124 cm³/mol. The maximum Gasteiger partial charge on any atom is 0.132 e. The van der Waals surface area contributed by atoms with Crippen LogP contribution in [0.25, 0.3) is 11.3 Å². The van der Waals surface area contributed by atoms with E-state index < -0.39 is 0 Å². The van der Waals surface area contributed by atoms with Crippen LogP contribution in [0, 0.1) is 0 Å². The molecule has 31 heavy (non-hydrogen) atoms. The highest BCUT2D eigenvalue weighted by atomic mass is 16.5. The van der Waals surface area contributed by atoms with E-state index in [1.807, 2.05) is 36.4 Å². The lowest BCUT2D eigenvalue weighted by Gasteiger charge is -2.28. The fraction of sp³-hybridized carbons (Fsp3) is 0.167. The van der Waals surface area contributed by atoms with Crippen LogP contribution in [0.4, 0.5) is 28.6 Å². The predicted octanol–water partition coefficient (Wildman–Crippen LogP) is 4.80. The first-order valence-electron chi connectivity index (χ1n) is 10.4. The highest BCUT2D eigenvalue weighted by molar-refractivity contribution is 5.79. The molecule has 0 aliphatic carbocycles. The van der Waals surface area contributed by atoms with Gasteiger partial charge in [0.25, 0.3) is 0 Å². The van der Waals surface area contributed by atoms with Crippen molar-refractivity contribution >= 4 is 28.6 Å². The van der Waals surface area contributed by atoms with Gasteiger partial charge in [-0.15, -0.1) is 0 Å². The maximum atomic E-state index is 5.43. The average Bonchev–Trinajstić information content (AvgIpc) is 3.36. The molecule has 7 nitrogen and oxygen atoms in total. The van der Waals surface area contributed by atoms with Crippen molar-refractivity contribution in [3.63, 3.8) is 0 Å². The molecule has 2 aromatic carbocycles. The first-order valence-corrected chi connectivity index (χ1v) is 10.4. The zero-order chi connectivity index (χ0) is 20.9. The van der Waals surface area contributed by atoms with Crippen LogP contribution in [0.5, 0.6) is 0 Å². The lowest BCUT2D eigenvalue weighted by atomic mass is 10.1. The molecule has 0 unspecified atom stereocenters. The third-order valence-corrected chi connectivity index (χ3v) is 5.27. The van der Waals surface area contributed by atoms with E-state index in [-0.39, 0.29) is 0 Å². The van der Waals surface area contributed by atoms with Gasteiger partial charge in [0.15, 0.2) is 0 Å². The van der Waals surface area contributed by atoms with Crippen LogP contribution in [-0.4, -0.2) is 41.5 Å². The van der Waals surface area contributed by atoms with E-state index in [4.69, 9.17) is 4.74 Å². The van der Waals surface area contributed by atoms with Crippen LogP contribution in [0.2, 0.25) is 0 Å². The molecule has 7 heteroatoms. The normalized spacial score (nSPS) is 13.7. The summed E-state index contributed by atoms with van der Waals surface area (Å²) in [5.74, 6) is 0.781. The Kier molecular flexibility index (Phi) is 5.49. The van der Waals surface area contributed by atoms with E-state index >= 15 is 0 Å². The van der Waals surface area contributed by atoms with Crippen molar-refractivity contribution in [1.29, 1.82) is 0 Å². The van der Waals surface area contributed by atoms with Gasteiger partial charge in [-0.25, -0.2) is 4.98 Å². The molecule has 0 saturated carbocycles. The first kappa shape index (κ1) is 19.1. The van der Waals surface area contributed by atoms with Crippen LogP contribution >= 0.6 is 0 Å². The van der Waals surface area contributed by atoms with Crippen molar-refractivity contribution in [2.45, 2.75) is 0 Å². The van der Waals surface area contributed by atoms with Crippen LogP contribution in [0.1, 0.15) is 0 Å². The summed E-state index contributed by atoms with van der Waals surface area (Å²) < 4.78 is 5.43. The molecule has 0 bridgehead atoms. The number of hydrogen-bond acceptors (Lipinski definition) is 6. The Morgan fingerprint density at radius 1 is 0.839 bits per heavy atom. The van der Waals surface area contributed by atoms with Gasteiger partial charge in [0, 0.05) is 59.9 Å². The number of aromatic amines is 1. The minimum Gasteiger partial charge on any atom is -0.378 e. The standard InChI is InChI=1S/C24H24N6O/c1-2-4-22(21(3-1)23-10-12-26-29-23)27-19-9-11-25-24(17-19)28-18-5-7-20(8-6-18)30-13-15-31-16-14-30/h1-12,17H,13-16H2,(H,26,29)(H2,25,27,28). The van der Waals surface area contributed by atoms with Gasteiger partial charge in [-0.05, 0) is 42.5 Å². The molecule has 1 aliphatic rings. The number of nitrogens with zero attached hydrogens (tertiary/aromatic N) is 3. The first-order chi connectivity index (χ1) is 15.3. The van der Waals surface area contributed by atoms with Crippen molar-refractivity contribution in [3.8, 4) is 11.3 Å². The zero-order valence-electron chi connectivity index (χ0n) is 17.1. The summed E-state index contributed by atoms with van der Waals surface area (Å²) >= 11 is 0. The second-order valence-corrected chi connectivity index (χ2v) is 7.34. The Morgan fingerprint density at radius 2 is 1.68 bits per heavy atom.